The van der Waals surface area contributed by atoms with Crippen LogP contribution in [0, 0.1) is 0 Å². The van der Waals surface area contributed by atoms with Gasteiger partial charge in [0, 0.05) is 24.3 Å². The Hall–Kier alpha value is -2.47. The molecule has 1 fully saturated rings. The highest BCUT2D eigenvalue weighted by molar-refractivity contribution is 7.89. The van der Waals surface area contributed by atoms with E-state index in [-0.39, 0.29) is 27.7 Å². The van der Waals surface area contributed by atoms with Gasteiger partial charge >= 0.3 is 0 Å². The Bertz CT molecular complexity index is 1140. The number of hydrogen-bond acceptors (Lipinski definition) is 6. The Morgan fingerprint density at radius 1 is 1.07 bits per heavy atom. The second-order valence-electron chi connectivity index (χ2n) is 6.73. The number of ether oxygens (including phenoxy) is 1. The van der Waals surface area contributed by atoms with Crippen molar-refractivity contribution in [3.8, 4) is 5.75 Å². The van der Waals surface area contributed by atoms with E-state index in [9.17, 15) is 21.6 Å². The minimum Gasteiger partial charge on any atom is -0.492 e. The number of primary sulfonamides is 1. The molecule has 1 aliphatic heterocycles. The molecule has 1 heterocycles. The van der Waals surface area contributed by atoms with E-state index in [1.807, 2.05) is 0 Å². The Labute approximate surface area is 175 Å². The SMILES string of the molecule is CCOc1ccc(C(=O)Nc2ccc(S(N)(=O)=O)cc2)cc1S(=O)(=O)N1CCCC1. The second kappa shape index (κ2) is 8.72. The first-order valence-electron chi connectivity index (χ1n) is 9.34. The molecule has 0 aromatic heterocycles. The van der Waals surface area contributed by atoms with Crippen molar-refractivity contribution >= 4 is 31.6 Å². The Morgan fingerprint density at radius 3 is 2.27 bits per heavy atom. The lowest BCUT2D eigenvalue weighted by molar-refractivity contribution is 0.102. The molecule has 11 heteroatoms. The number of nitrogens with one attached hydrogen (secondary N) is 1. The summed E-state index contributed by atoms with van der Waals surface area (Å²) < 4.78 is 55.6. The van der Waals surface area contributed by atoms with Gasteiger partial charge < -0.3 is 10.1 Å². The first-order valence-corrected chi connectivity index (χ1v) is 12.3. The molecular formula is C19H23N3O6S2. The third-order valence-electron chi connectivity index (χ3n) is 4.63. The highest BCUT2D eigenvalue weighted by Gasteiger charge is 2.30. The largest absolute Gasteiger partial charge is 0.492 e. The minimum absolute atomic E-state index is 0.0523. The third kappa shape index (κ3) is 4.81. The van der Waals surface area contributed by atoms with E-state index < -0.39 is 26.0 Å². The molecule has 3 N–H and O–H groups in total. The van der Waals surface area contributed by atoms with E-state index in [2.05, 4.69) is 5.32 Å². The molecular weight excluding hydrogens is 430 g/mol. The Morgan fingerprint density at radius 2 is 1.70 bits per heavy atom. The third-order valence-corrected chi connectivity index (χ3v) is 7.48. The van der Waals surface area contributed by atoms with Crippen molar-refractivity contribution in [2.45, 2.75) is 29.6 Å². The quantitative estimate of drug-likeness (QED) is 0.656. The monoisotopic (exact) mass is 453 g/mol. The number of rotatable bonds is 7. The summed E-state index contributed by atoms with van der Waals surface area (Å²) in [6.07, 6.45) is 1.58. The Balaban J connectivity index is 1.89. The number of hydrogen-bond donors (Lipinski definition) is 2. The maximum absolute atomic E-state index is 13.0. The van der Waals surface area contributed by atoms with Gasteiger partial charge in [0.2, 0.25) is 20.0 Å². The molecule has 162 valence electrons. The van der Waals surface area contributed by atoms with E-state index in [0.29, 0.717) is 18.8 Å². The van der Waals surface area contributed by atoms with Crippen molar-refractivity contribution in [1.29, 1.82) is 0 Å². The molecule has 0 radical (unpaired) electrons. The van der Waals surface area contributed by atoms with E-state index in [4.69, 9.17) is 9.88 Å². The summed E-state index contributed by atoms with van der Waals surface area (Å²) in [4.78, 5) is 12.5. The number of carbonyl (C=O) groups is 1. The first kappa shape index (κ1) is 22.2. The number of benzene rings is 2. The summed E-state index contributed by atoms with van der Waals surface area (Å²) in [6.45, 7) is 2.89. The number of carbonyl (C=O) groups excluding carboxylic acids is 1. The first-order chi connectivity index (χ1) is 14.1. The average molecular weight is 454 g/mol. The van der Waals surface area contributed by atoms with Crippen LogP contribution in [0.3, 0.4) is 0 Å². The van der Waals surface area contributed by atoms with Crippen molar-refractivity contribution in [3.63, 3.8) is 0 Å². The van der Waals surface area contributed by atoms with Gasteiger partial charge in [0.1, 0.15) is 10.6 Å². The van der Waals surface area contributed by atoms with Gasteiger partial charge in [-0.05, 0) is 62.2 Å². The van der Waals surface area contributed by atoms with E-state index in [1.165, 1.54) is 46.8 Å². The molecule has 1 saturated heterocycles. The fourth-order valence-electron chi connectivity index (χ4n) is 3.12. The average Bonchev–Trinajstić information content (AvgIpc) is 3.24. The van der Waals surface area contributed by atoms with Crippen LogP contribution >= 0.6 is 0 Å². The van der Waals surface area contributed by atoms with Gasteiger partial charge in [-0.25, -0.2) is 22.0 Å². The maximum Gasteiger partial charge on any atom is 0.255 e. The highest BCUT2D eigenvalue weighted by Crippen LogP contribution is 2.30. The topological polar surface area (TPSA) is 136 Å². The van der Waals surface area contributed by atoms with Crippen LogP contribution in [0.1, 0.15) is 30.1 Å². The van der Waals surface area contributed by atoms with Gasteiger partial charge in [-0.3, -0.25) is 4.79 Å². The molecule has 0 unspecified atom stereocenters. The minimum atomic E-state index is -3.84. The van der Waals surface area contributed by atoms with Crippen LogP contribution in [0.4, 0.5) is 5.69 Å². The van der Waals surface area contributed by atoms with Gasteiger partial charge in [-0.2, -0.15) is 4.31 Å². The lowest BCUT2D eigenvalue weighted by Gasteiger charge is -2.19. The van der Waals surface area contributed by atoms with Crippen LogP contribution in [0.5, 0.6) is 5.75 Å². The van der Waals surface area contributed by atoms with E-state index >= 15 is 0 Å². The number of amides is 1. The fraction of sp³-hybridized carbons (Fsp3) is 0.316. The summed E-state index contributed by atoms with van der Waals surface area (Å²) in [5.41, 5.74) is 0.469. The number of nitrogens with two attached hydrogens (primary N) is 1. The molecule has 0 spiro atoms. The number of anilines is 1. The highest BCUT2D eigenvalue weighted by atomic mass is 32.2. The molecule has 2 aromatic rings. The zero-order valence-electron chi connectivity index (χ0n) is 16.4. The predicted molar refractivity (Wildman–Crippen MR) is 111 cm³/mol. The molecule has 0 bridgehead atoms. The normalized spacial score (nSPS) is 15.1. The van der Waals surface area contributed by atoms with Crippen LogP contribution in [0.25, 0.3) is 0 Å². The molecule has 0 aliphatic carbocycles. The zero-order valence-corrected chi connectivity index (χ0v) is 18.0. The van der Waals surface area contributed by atoms with Crippen molar-refractivity contribution < 1.29 is 26.4 Å². The van der Waals surface area contributed by atoms with Gasteiger partial charge in [0.15, 0.2) is 0 Å². The van der Waals surface area contributed by atoms with E-state index in [1.54, 1.807) is 6.92 Å². The van der Waals surface area contributed by atoms with Crippen molar-refractivity contribution in [2.75, 3.05) is 25.0 Å². The van der Waals surface area contributed by atoms with Crippen molar-refractivity contribution in [1.82, 2.24) is 4.31 Å². The smallest absolute Gasteiger partial charge is 0.255 e. The van der Waals surface area contributed by atoms with Gasteiger partial charge in [-0.15, -0.1) is 0 Å². The summed E-state index contributed by atoms with van der Waals surface area (Å²) >= 11 is 0. The Kier molecular flexibility index (Phi) is 6.46. The second-order valence-corrected chi connectivity index (χ2v) is 10.2. The standard InChI is InChI=1S/C19H23N3O6S2/c1-2-28-17-10-5-14(13-18(17)30(26,27)22-11-3-4-12-22)19(23)21-15-6-8-16(9-7-15)29(20,24)25/h5-10,13H,2-4,11-12H2,1H3,(H,21,23)(H2,20,24,25). The number of nitrogens with zero attached hydrogens (tertiary/aromatic N) is 1. The molecule has 2 aromatic carbocycles. The summed E-state index contributed by atoms with van der Waals surface area (Å²) in [6, 6.07) is 9.57. The van der Waals surface area contributed by atoms with Crippen LogP contribution in [0.15, 0.2) is 52.3 Å². The lowest BCUT2D eigenvalue weighted by Crippen LogP contribution is -2.28. The van der Waals surface area contributed by atoms with Crippen molar-refractivity contribution in [3.05, 3.63) is 48.0 Å². The maximum atomic E-state index is 13.0. The molecule has 3 rings (SSSR count). The molecule has 0 atom stereocenters. The predicted octanol–water partition coefficient (Wildman–Crippen LogP) is 1.77. The van der Waals surface area contributed by atoms with Crippen LogP contribution in [-0.4, -0.2) is 46.7 Å². The summed E-state index contributed by atoms with van der Waals surface area (Å²) in [5.74, 6) is -0.349. The molecule has 0 saturated carbocycles. The van der Waals surface area contributed by atoms with Gasteiger partial charge in [0.05, 0.1) is 11.5 Å². The van der Waals surface area contributed by atoms with Gasteiger partial charge in [-0.1, -0.05) is 0 Å². The van der Waals surface area contributed by atoms with Gasteiger partial charge in [0.25, 0.3) is 5.91 Å². The van der Waals surface area contributed by atoms with Crippen LogP contribution in [0.2, 0.25) is 0 Å². The summed E-state index contributed by atoms with van der Waals surface area (Å²) in [5, 5.41) is 7.67. The van der Waals surface area contributed by atoms with Crippen LogP contribution < -0.4 is 15.2 Å². The number of sulfonamides is 2. The molecule has 1 amide bonds. The fourth-order valence-corrected chi connectivity index (χ4v) is 5.31. The molecule has 30 heavy (non-hydrogen) atoms. The van der Waals surface area contributed by atoms with E-state index in [0.717, 1.165) is 12.8 Å². The molecule has 1 aliphatic rings. The zero-order chi connectivity index (χ0) is 21.9. The molecule has 9 nitrogen and oxygen atoms in total. The summed E-state index contributed by atoms with van der Waals surface area (Å²) in [7, 11) is -7.63. The lowest BCUT2D eigenvalue weighted by atomic mass is 10.2. The van der Waals surface area contributed by atoms with Crippen LogP contribution in [-0.2, 0) is 20.0 Å². The van der Waals surface area contributed by atoms with Crippen molar-refractivity contribution in [2.24, 2.45) is 5.14 Å².